The molecule has 0 aliphatic heterocycles. The van der Waals surface area contributed by atoms with Crippen molar-refractivity contribution in [3.63, 3.8) is 0 Å². The first-order chi connectivity index (χ1) is 5.99. The Bertz CT molecular complexity index is 171. The number of hydrogen-bond acceptors (Lipinski definition) is 2. The minimum atomic E-state index is -4.29. The van der Waals surface area contributed by atoms with E-state index >= 15 is 0 Å². The van der Waals surface area contributed by atoms with Crippen molar-refractivity contribution in [2.24, 2.45) is 0 Å². The Balaban J connectivity index is 0. The normalized spacial score (nSPS) is 13.4. The van der Waals surface area contributed by atoms with Gasteiger partial charge < -0.3 is 9.79 Å². The van der Waals surface area contributed by atoms with E-state index < -0.39 is 7.82 Å². The van der Waals surface area contributed by atoms with Crippen LogP contribution in [0.1, 0.15) is 46.0 Å². The van der Waals surface area contributed by atoms with Crippen molar-refractivity contribution in [1.82, 2.24) is 0 Å². The second-order valence-electron chi connectivity index (χ2n) is 3.12. The molecule has 0 aromatic rings. The number of unbranched alkanes of at least 4 members (excludes halogenated alkanes) is 2. The molecule has 0 radical (unpaired) electrons. The molecule has 4 nitrogen and oxygen atoms in total. The molecule has 6 heteroatoms. The average Bonchev–Trinajstić information content (AvgIpc) is 2.01. The molecular formula is C8H20NaO4P. The number of phosphoric ester groups is 1. The number of phosphoric acid groups is 1. The quantitative estimate of drug-likeness (QED) is 0.400. The summed E-state index contributed by atoms with van der Waals surface area (Å²) >= 11 is 0. The zero-order valence-electron chi connectivity index (χ0n) is 8.27. The van der Waals surface area contributed by atoms with Crippen molar-refractivity contribution in [1.29, 1.82) is 0 Å². The summed E-state index contributed by atoms with van der Waals surface area (Å²) in [7, 11) is -4.29. The van der Waals surface area contributed by atoms with Gasteiger partial charge in [-0.3, -0.25) is 4.52 Å². The molecule has 0 rings (SSSR count). The molecule has 0 aromatic carbocycles. The van der Waals surface area contributed by atoms with Crippen LogP contribution < -0.4 is 0 Å². The Morgan fingerprint density at radius 3 is 2.21 bits per heavy atom. The van der Waals surface area contributed by atoms with Crippen molar-refractivity contribution in [2.45, 2.75) is 52.1 Å². The van der Waals surface area contributed by atoms with Gasteiger partial charge in [-0.2, -0.15) is 0 Å². The summed E-state index contributed by atoms with van der Waals surface area (Å²) in [6, 6.07) is 0. The predicted octanol–water partition coefficient (Wildman–Crippen LogP) is 1.81. The van der Waals surface area contributed by atoms with Crippen LogP contribution >= 0.6 is 7.82 Å². The van der Waals surface area contributed by atoms with Crippen LogP contribution in [0, 0.1) is 0 Å². The van der Waals surface area contributed by atoms with Gasteiger partial charge in [0.15, 0.2) is 0 Å². The van der Waals surface area contributed by atoms with Crippen LogP contribution in [0.25, 0.3) is 0 Å². The van der Waals surface area contributed by atoms with E-state index in [4.69, 9.17) is 9.79 Å². The standard InChI is InChI=1S/C8H19O4P.Na.H/c1-3-5-6-7-8(4-2)12-13(9,10)11;;/h8H,3-7H2,1-2H3,(H2,9,10,11);;. The zero-order valence-corrected chi connectivity index (χ0v) is 9.17. The molecule has 0 aliphatic carbocycles. The second-order valence-corrected chi connectivity index (χ2v) is 4.31. The van der Waals surface area contributed by atoms with E-state index in [-0.39, 0.29) is 35.7 Å². The Morgan fingerprint density at radius 2 is 1.86 bits per heavy atom. The van der Waals surface area contributed by atoms with Crippen molar-refractivity contribution in [3.8, 4) is 0 Å². The Kier molecular flexibility index (Phi) is 11.7. The van der Waals surface area contributed by atoms with Crippen molar-refractivity contribution >= 4 is 37.4 Å². The molecule has 14 heavy (non-hydrogen) atoms. The van der Waals surface area contributed by atoms with Crippen LogP contribution in [0.3, 0.4) is 0 Å². The molecule has 82 valence electrons. The number of hydrogen-bond donors (Lipinski definition) is 2. The van der Waals surface area contributed by atoms with E-state index in [1.165, 1.54) is 0 Å². The van der Waals surface area contributed by atoms with Gasteiger partial charge in [-0.05, 0) is 12.8 Å². The molecule has 0 amide bonds. The SMILES string of the molecule is CCCCCC(CC)OP(=O)(O)O.[NaH]. The van der Waals surface area contributed by atoms with Crippen LogP contribution in [0.2, 0.25) is 0 Å². The van der Waals surface area contributed by atoms with Crippen LogP contribution in [0.15, 0.2) is 0 Å². The third-order valence-corrected chi connectivity index (χ3v) is 2.44. The summed E-state index contributed by atoms with van der Waals surface area (Å²) < 4.78 is 15.1. The molecule has 1 atom stereocenters. The summed E-state index contributed by atoms with van der Waals surface area (Å²) in [6.07, 6.45) is 4.24. The van der Waals surface area contributed by atoms with Crippen LogP contribution in [0.5, 0.6) is 0 Å². The van der Waals surface area contributed by atoms with Gasteiger partial charge in [-0.1, -0.05) is 33.1 Å². The summed E-state index contributed by atoms with van der Waals surface area (Å²) in [5, 5.41) is 0. The fourth-order valence-electron chi connectivity index (χ4n) is 1.15. The van der Waals surface area contributed by atoms with Gasteiger partial charge in [0.1, 0.15) is 0 Å². The molecule has 0 fully saturated rings. The molecular weight excluding hydrogens is 214 g/mol. The summed E-state index contributed by atoms with van der Waals surface area (Å²) in [5.41, 5.74) is 0. The van der Waals surface area contributed by atoms with Gasteiger partial charge >= 0.3 is 37.4 Å². The fourth-order valence-corrected chi connectivity index (χ4v) is 1.79. The summed E-state index contributed by atoms with van der Waals surface area (Å²) in [5.74, 6) is 0. The molecule has 1 unspecified atom stereocenters. The third kappa shape index (κ3) is 11.2. The Morgan fingerprint density at radius 1 is 1.29 bits per heavy atom. The van der Waals surface area contributed by atoms with Crippen LogP contribution in [0.4, 0.5) is 0 Å². The fraction of sp³-hybridized carbons (Fsp3) is 1.00. The van der Waals surface area contributed by atoms with Crippen molar-refractivity contribution in [3.05, 3.63) is 0 Å². The Labute approximate surface area is 108 Å². The molecule has 2 N–H and O–H groups in total. The van der Waals surface area contributed by atoms with E-state index in [1.54, 1.807) is 0 Å². The first kappa shape index (κ1) is 17.5. The third-order valence-electron chi connectivity index (χ3n) is 1.87. The molecule has 0 aromatic heterocycles. The van der Waals surface area contributed by atoms with Gasteiger partial charge in [-0.15, -0.1) is 0 Å². The monoisotopic (exact) mass is 234 g/mol. The van der Waals surface area contributed by atoms with E-state index in [1.807, 2.05) is 6.92 Å². The maximum absolute atomic E-state index is 10.5. The molecule has 0 saturated heterocycles. The van der Waals surface area contributed by atoms with Gasteiger partial charge in [0, 0.05) is 0 Å². The minimum absolute atomic E-state index is 0. The molecule has 0 aliphatic rings. The topological polar surface area (TPSA) is 66.8 Å². The van der Waals surface area contributed by atoms with Gasteiger partial charge in [0.2, 0.25) is 0 Å². The average molecular weight is 234 g/mol. The zero-order chi connectivity index (χ0) is 10.3. The van der Waals surface area contributed by atoms with Crippen molar-refractivity contribution < 1.29 is 18.9 Å². The van der Waals surface area contributed by atoms with E-state index in [0.717, 1.165) is 25.7 Å². The van der Waals surface area contributed by atoms with Gasteiger partial charge in [0.05, 0.1) is 6.10 Å². The molecule has 0 bridgehead atoms. The second kappa shape index (κ2) is 9.34. The van der Waals surface area contributed by atoms with Crippen LogP contribution in [-0.4, -0.2) is 45.4 Å². The summed E-state index contributed by atoms with van der Waals surface area (Å²) in [4.78, 5) is 17.1. The maximum atomic E-state index is 10.5. The van der Waals surface area contributed by atoms with E-state index in [2.05, 4.69) is 11.4 Å². The predicted molar refractivity (Wildman–Crippen MR) is 58.5 cm³/mol. The van der Waals surface area contributed by atoms with Gasteiger partial charge in [0.25, 0.3) is 0 Å². The van der Waals surface area contributed by atoms with Gasteiger partial charge in [-0.25, -0.2) is 4.57 Å². The summed E-state index contributed by atoms with van der Waals surface area (Å²) in [6.45, 7) is 3.96. The first-order valence-corrected chi connectivity index (χ1v) is 6.26. The first-order valence-electron chi connectivity index (χ1n) is 4.73. The van der Waals surface area contributed by atoms with E-state index in [9.17, 15) is 4.57 Å². The number of rotatable bonds is 7. The van der Waals surface area contributed by atoms with E-state index in [0.29, 0.717) is 6.42 Å². The molecule has 0 heterocycles. The Hall–Kier alpha value is 1.11. The molecule has 0 spiro atoms. The van der Waals surface area contributed by atoms with Crippen LogP contribution in [-0.2, 0) is 9.09 Å². The molecule has 0 saturated carbocycles. The van der Waals surface area contributed by atoms with Crippen molar-refractivity contribution in [2.75, 3.05) is 0 Å².